The van der Waals surface area contributed by atoms with E-state index in [1.807, 2.05) is 6.07 Å². The van der Waals surface area contributed by atoms with Gasteiger partial charge in [0.1, 0.15) is 10.9 Å². The Balaban J connectivity index is 2.38. The highest BCUT2D eigenvalue weighted by Gasteiger charge is 2.31. The first-order valence-corrected chi connectivity index (χ1v) is 6.15. The van der Waals surface area contributed by atoms with E-state index in [1.54, 1.807) is 6.07 Å². The molecule has 0 aliphatic rings. The highest BCUT2D eigenvalue weighted by molar-refractivity contribution is 6.32. The molecular formula is C14H8ClF3N2O. The Bertz CT molecular complexity index is 678. The number of halogens is 4. The summed E-state index contributed by atoms with van der Waals surface area (Å²) in [5.41, 5.74) is 1.74. The molecule has 0 amide bonds. The van der Waals surface area contributed by atoms with Crippen LogP contribution in [-0.2, 0) is 6.42 Å². The molecular weight excluding hydrogens is 305 g/mol. The topological polar surface area (TPSA) is 45.9 Å². The van der Waals surface area contributed by atoms with Crippen molar-refractivity contribution in [1.82, 2.24) is 4.98 Å². The van der Waals surface area contributed by atoms with Crippen LogP contribution in [0.3, 0.4) is 0 Å². The molecule has 0 atom stereocenters. The summed E-state index contributed by atoms with van der Waals surface area (Å²) in [6.45, 7) is 0. The van der Waals surface area contributed by atoms with Crippen molar-refractivity contribution < 1.29 is 17.9 Å². The molecule has 21 heavy (non-hydrogen) atoms. The summed E-state index contributed by atoms with van der Waals surface area (Å²) < 4.78 is 40.1. The Morgan fingerprint density at radius 2 is 1.86 bits per heavy atom. The summed E-state index contributed by atoms with van der Waals surface area (Å²) in [6, 6.07) is 8.88. The van der Waals surface area contributed by atoms with Crippen molar-refractivity contribution in [3.05, 3.63) is 47.2 Å². The van der Waals surface area contributed by atoms with Gasteiger partial charge in [-0.15, -0.1) is 13.2 Å². The highest BCUT2D eigenvalue weighted by atomic mass is 35.5. The molecule has 0 bridgehead atoms. The van der Waals surface area contributed by atoms with E-state index in [0.717, 1.165) is 0 Å². The van der Waals surface area contributed by atoms with Crippen molar-refractivity contribution in [2.24, 2.45) is 0 Å². The van der Waals surface area contributed by atoms with E-state index in [-0.39, 0.29) is 17.3 Å². The Kier molecular flexibility index (Phi) is 4.34. The third kappa shape index (κ3) is 3.86. The predicted molar refractivity (Wildman–Crippen MR) is 70.7 cm³/mol. The zero-order valence-electron chi connectivity index (χ0n) is 10.5. The molecule has 3 nitrogen and oxygen atoms in total. The van der Waals surface area contributed by atoms with Gasteiger partial charge >= 0.3 is 6.36 Å². The highest BCUT2D eigenvalue weighted by Crippen LogP contribution is 2.32. The molecule has 0 fully saturated rings. The molecule has 0 radical (unpaired) electrons. The van der Waals surface area contributed by atoms with Gasteiger partial charge in [0.25, 0.3) is 0 Å². The molecule has 7 heteroatoms. The molecule has 0 N–H and O–H groups in total. The van der Waals surface area contributed by atoms with Gasteiger partial charge in [0, 0.05) is 11.8 Å². The molecule has 2 rings (SSSR count). The minimum atomic E-state index is -4.74. The van der Waals surface area contributed by atoms with Gasteiger partial charge < -0.3 is 4.74 Å². The van der Waals surface area contributed by atoms with Crippen LogP contribution in [0.4, 0.5) is 13.2 Å². The number of pyridine rings is 1. The first kappa shape index (κ1) is 15.1. The lowest BCUT2D eigenvalue weighted by Gasteiger charge is -2.11. The van der Waals surface area contributed by atoms with Gasteiger partial charge in [0.15, 0.2) is 0 Å². The molecule has 1 aromatic carbocycles. The zero-order valence-corrected chi connectivity index (χ0v) is 11.2. The molecule has 0 aliphatic carbocycles. The van der Waals surface area contributed by atoms with E-state index in [0.29, 0.717) is 16.7 Å². The standard InChI is InChI=1S/C14H8ClF3N2O/c15-13-12(10(5-7-19)6-8-20-13)9-1-3-11(4-2-9)21-14(16,17)18/h1-4,6,8H,5H2. The third-order valence-electron chi connectivity index (χ3n) is 2.64. The Labute approximate surface area is 123 Å². The van der Waals surface area contributed by atoms with Crippen LogP contribution >= 0.6 is 11.6 Å². The van der Waals surface area contributed by atoms with Crippen LogP contribution < -0.4 is 4.74 Å². The molecule has 0 spiro atoms. The summed E-state index contributed by atoms with van der Waals surface area (Å²) in [6.07, 6.45) is -3.14. The van der Waals surface area contributed by atoms with Crippen LogP contribution in [0.25, 0.3) is 11.1 Å². The first-order chi connectivity index (χ1) is 9.90. The van der Waals surface area contributed by atoms with Gasteiger partial charge in [-0.1, -0.05) is 23.7 Å². The summed E-state index contributed by atoms with van der Waals surface area (Å²) in [7, 11) is 0. The largest absolute Gasteiger partial charge is 0.573 e. The van der Waals surface area contributed by atoms with Crippen LogP contribution in [-0.4, -0.2) is 11.3 Å². The molecule has 0 aliphatic heterocycles. The lowest BCUT2D eigenvalue weighted by Crippen LogP contribution is -2.16. The SMILES string of the molecule is N#CCc1ccnc(Cl)c1-c1ccc(OC(F)(F)F)cc1. The minimum absolute atomic E-state index is 0.123. The smallest absolute Gasteiger partial charge is 0.406 e. The average Bonchev–Trinajstić information content (AvgIpc) is 2.39. The van der Waals surface area contributed by atoms with Crippen molar-refractivity contribution in [3.63, 3.8) is 0 Å². The lowest BCUT2D eigenvalue weighted by molar-refractivity contribution is -0.274. The van der Waals surface area contributed by atoms with Crippen LogP contribution in [0.5, 0.6) is 5.75 Å². The van der Waals surface area contributed by atoms with Crippen molar-refractivity contribution in [1.29, 1.82) is 5.26 Å². The second-order valence-electron chi connectivity index (χ2n) is 4.04. The van der Waals surface area contributed by atoms with Crippen LogP contribution in [0.1, 0.15) is 5.56 Å². The maximum atomic E-state index is 12.1. The average molecular weight is 313 g/mol. The molecule has 0 saturated heterocycles. The van der Waals surface area contributed by atoms with Gasteiger partial charge in [-0.25, -0.2) is 4.98 Å². The number of nitriles is 1. The quantitative estimate of drug-likeness (QED) is 0.791. The fraction of sp³-hybridized carbons (Fsp3) is 0.143. The number of nitrogens with zero attached hydrogens (tertiary/aromatic N) is 2. The minimum Gasteiger partial charge on any atom is -0.406 e. The third-order valence-corrected chi connectivity index (χ3v) is 2.92. The van der Waals surface area contributed by atoms with E-state index < -0.39 is 6.36 Å². The van der Waals surface area contributed by atoms with Gasteiger partial charge in [0.05, 0.1) is 12.5 Å². The summed E-state index contributed by atoms with van der Waals surface area (Å²) in [5, 5.41) is 8.98. The number of ether oxygens (including phenoxy) is 1. The zero-order chi connectivity index (χ0) is 15.5. The maximum absolute atomic E-state index is 12.1. The molecule has 108 valence electrons. The molecule has 0 saturated carbocycles. The normalized spacial score (nSPS) is 11.0. The summed E-state index contributed by atoms with van der Waals surface area (Å²) >= 11 is 6.01. The second kappa shape index (κ2) is 6.02. The van der Waals surface area contributed by atoms with Crippen molar-refractivity contribution >= 4 is 11.6 Å². The Hall–Kier alpha value is -2.26. The van der Waals surface area contributed by atoms with Gasteiger partial charge in [-0.05, 0) is 29.3 Å². The van der Waals surface area contributed by atoms with Crippen LogP contribution in [0.15, 0.2) is 36.5 Å². The summed E-state index contributed by atoms with van der Waals surface area (Å²) in [5.74, 6) is -0.326. The predicted octanol–water partition coefficient (Wildman–Crippen LogP) is 4.37. The van der Waals surface area contributed by atoms with Gasteiger partial charge in [-0.3, -0.25) is 0 Å². The number of aromatic nitrogens is 1. The van der Waals surface area contributed by atoms with E-state index in [2.05, 4.69) is 9.72 Å². The number of hydrogen-bond acceptors (Lipinski definition) is 3. The van der Waals surface area contributed by atoms with Crippen LogP contribution in [0.2, 0.25) is 5.15 Å². The number of rotatable bonds is 3. The van der Waals surface area contributed by atoms with Gasteiger partial charge in [-0.2, -0.15) is 5.26 Å². The molecule has 1 aromatic heterocycles. The van der Waals surface area contributed by atoms with Gasteiger partial charge in [0.2, 0.25) is 0 Å². The van der Waals surface area contributed by atoms with E-state index in [1.165, 1.54) is 30.5 Å². The first-order valence-electron chi connectivity index (χ1n) is 5.77. The fourth-order valence-electron chi connectivity index (χ4n) is 1.83. The Morgan fingerprint density at radius 1 is 1.19 bits per heavy atom. The maximum Gasteiger partial charge on any atom is 0.573 e. The van der Waals surface area contributed by atoms with Crippen LogP contribution in [0, 0.1) is 11.3 Å². The van der Waals surface area contributed by atoms with Crippen molar-refractivity contribution in [3.8, 4) is 22.9 Å². The molecule has 1 heterocycles. The van der Waals surface area contributed by atoms with Crippen molar-refractivity contribution in [2.45, 2.75) is 12.8 Å². The molecule has 2 aromatic rings. The Morgan fingerprint density at radius 3 is 2.43 bits per heavy atom. The number of benzene rings is 1. The number of hydrogen-bond donors (Lipinski definition) is 0. The number of alkyl halides is 3. The van der Waals surface area contributed by atoms with E-state index >= 15 is 0 Å². The second-order valence-corrected chi connectivity index (χ2v) is 4.40. The summed E-state index contributed by atoms with van der Waals surface area (Å²) in [4.78, 5) is 3.93. The fourth-order valence-corrected chi connectivity index (χ4v) is 2.12. The van der Waals surface area contributed by atoms with E-state index in [4.69, 9.17) is 16.9 Å². The molecule has 0 unspecified atom stereocenters. The monoisotopic (exact) mass is 312 g/mol. The van der Waals surface area contributed by atoms with Crippen molar-refractivity contribution in [2.75, 3.05) is 0 Å². The van der Waals surface area contributed by atoms with E-state index in [9.17, 15) is 13.2 Å². The lowest BCUT2D eigenvalue weighted by atomic mass is 10.0.